The molecule has 1 spiro atoms. The Bertz CT molecular complexity index is 202. The van der Waals surface area contributed by atoms with Crippen LogP contribution in [0.4, 0.5) is 0 Å². The molecule has 2 fully saturated rings. The van der Waals surface area contributed by atoms with E-state index in [9.17, 15) is 0 Å². The molecule has 2 aliphatic rings. The fraction of sp³-hybridized carbons (Fsp3) is 1.00. The highest BCUT2D eigenvalue weighted by Crippen LogP contribution is 2.50. The van der Waals surface area contributed by atoms with Crippen LogP contribution in [0.1, 0.15) is 78.1 Å². The molecular formula is C16H31N. The monoisotopic (exact) mass is 237 g/mol. The third-order valence-corrected chi connectivity index (χ3v) is 5.39. The van der Waals surface area contributed by atoms with Crippen molar-refractivity contribution in [2.45, 2.75) is 84.1 Å². The molecule has 0 heterocycles. The first-order valence-corrected chi connectivity index (χ1v) is 8.03. The molecule has 0 amide bonds. The second-order valence-corrected chi connectivity index (χ2v) is 6.50. The van der Waals surface area contributed by atoms with Gasteiger partial charge in [-0.3, -0.25) is 0 Å². The van der Waals surface area contributed by atoms with Gasteiger partial charge in [0.15, 0.2) is 0 Å². The predicted octanol–water partition coefficient (Wildman–Crippen LogP) is 4.52. The average Bonchev–Trinajstić information content (AvgIpc) is 2.79. The van der Waals surface area contributed by atoms with Crippen molar-refractivity contribution in [2.24, 2.45) is 11.3 Å². The highest BCUT2D eigenvalue weighted by atomic mass is 14.9. The normalized spacial score (nSPS) is 26.5. The molecule has 1 atom stereocenters. The second-order valence-electron chi connectivity index (χ2n) is 6.50. The number of rotatable bonds is 5. The first-order chi connectivity index (χ1) is 8.29. The SMILES string of the molecule is CCCC(NCC)C1CCC2(CCCC2)CC1. The van der Waals surface area contributed by atoms with Gasteiger partial charge in [0.05, 0.1) is 0 Å². The van der Waals surface area contributed by atoms with Gasteiger partial charge < -0.3 is 5.32 Å². The smallest absolute Gasteiger partial charge is 0.00951 e. The van der Waals surface area contributed by atoms with E-state index < -0.39 is 0 Å². The molecule has 2 aliphatic carbocycles. The van der Waals surface area contributed by atoms with Gasteiger partial charge in [-0.15, -0.1) is 0 Å². The van der Waals surface area contributed by atoms with Crippen LogP contribution in [0.25, 0.3) is 0 Å². The summed E-state index contributed by atoms with van der Waals surface area (Å²) < 4.78 is 0. The molecule has 0 saturated heterocycles. The van der Waals surface area contributed by atoms with E-state index >= 15 is 0 Å². The second kappa shape index (κ2) is 6.22. The molecule has 0 bridgehead atoms. The lowest BCUT2D eigenvalue weighted by molar-refractivity contribution is 0.130. The Labute approximate surface area is 108 Å². The number of hydrogen-bond acceptors (Lipinski definition) is 1. The highest BCUT2D eigenvalue weighted by Gasteiger charge is 2.38. The lowest BCUT2D eigenvalue weighted by Crippen LogP contribution is -2.39. The molecule has 17 heavy (non-hydrogen) atoms. The molecule has 0 aromatic rings. The summed E-state index contributed by atoms with van der Waals surface area (Å²) in [5.74, 6) is 0.973. The summed E-state index contributed by atoms with van der Waals surface area (Å²) in [6, 6.07) is 0.809. The van der Waals surface area contributed by atoms with Crippen molar-refractivity contribution in [1.82, 2.24) is 5.32 Å². The predicted molar refractivity (Wildman–Crippen MR) is 75.2 cm³/mol. The summed E-state index contributed by atoms with van der Waals surface area (Å²) >= 11 is 0. The summed E-state index contributed by atoms with van der Waals surface area (Å²) in [5, 5.41) is 3.73. The molecule has 1 unspecified atom stereocenters. The van der Waals surface area contributed by atoms with Crippen LogP contribution >= 0.6 is 0 Å². The fourth-order valence-corrected chi connectivity index (χ4v) is 4.36. The van der Waals surface area contributed by atoms with Gasteiger partial charge in [0, 0.05) is 6.04 Å². The lowest BCUT2D eigenvalue weighted by Gasteiger charge is -2.40. The van der Waals surface area contributed by atoms with Crippen molar-refractivity contribution >= 4 is 0 Å². The zero-order valence-corrected chi connectivity index (χ0v) is 11.9. The van der Waals surface area contributed by atoms with Gasteiger partial charge in [0.25, 0.3) is 0 Å². The lowest BCUT2D eigenvalue weighted by atomic mass is 9.67. The van der Waals surface area contributed by atoms with Crippen molar-refractivity contribution in [3.05, 3.63) is 0 Å². The van der Waals surface area contributed by atoms with Crippen molar-refractivity contribution in [1.29, 1.82) is 0 Å². The first-order valence-electron chi connectivity index (χ1n) is 8.03. The Hall–Kier alpha value is -0.0400. The topological polar surface area (TPSA) is 12.0 Å². The summed E-state index contributed by atoms with van der Waals surface area (Å²) in [4.78, 5) is 0. The largest absolute Gasteiger partial charge is 0.314 e. The highest BCUT2D eigenvalue weighted by molar-refractivity contribution is 4.92. The summed E-state index contributed by atoms with van der Waals surface area (Å²) in [6.07, 6.45) is 14.9. The van der Waals surface area contributed by atoms with Gasteiger partial charge in [-0.2, -0.15) is 0 Å². The van der Waals surface area contributed by atoms with Crippen molar-refractivity contribution in [3.63, 3.8) is 0 Å². The standard InChI is InChI=1S/C16H31N/c1-3-7-15(17-4-2)14-8-12-16(13-9-14)10-5-6-11-16/h14-15,17H,3-13H2,1-2H3. The molecule has 0 radical (unpaired) electrons. The molecule has 0 aliphatic heterocycles. The summed E-state index contributed by atoms with van der Waals surface area (Å²) in [7, 11) is 0. The maximum absolute atomic E-state index is 3.73. The molecule has 0 aromatic carbocycles. The molecule has 1 nitrogen and oxygen atoms in total. The molecule has 1 N–H and O–H groups in total. The van der Waals surface area contributed by atoms with Gasteiger partial charge in [-0.25, -0.2) is 0 Å². The zero-order chi connectivity index (χ0) is 12.1. The summed E-state index contributed by atoms with van der Waals surface area (Å²) in [5.41, 5.74) is 0.805. The van der Waals surface area contributed by atoms with Crippen molar-refractivity contribution in [3.8, 4) is 0 Å². The van der Waals surface area contributed by atoms with Gasteiger partial charge in [-0.05, 0) is 62.8 Å². The van der Waals surface area contributed by atoms with E-state index in [0.29, 0.717) is 0 Å². The zero-order valence-electron chi connectivity index (χ0n) is 11.9. The van der Waals surface area contributed by atoms with E-state index in [1.54, 1.807) is 12.8 Å². The molecule has 100 valence electrons. The van der Waals surface area contributed by atoms with E-state index in [1.165, 1.54) is 51.4 Å². The minimum Gasteiger partial charge on any atom is -0.314 e. The maximum Gasteiger partial charge on any atom is 0.00951 e. The molecule has 1 heteroatoms. The van der Waals surface area contributed by atoms with Crippen LogP contribution in [-0.4, -0.2) is 12.6 Å². The Morgan fingerprint density at radius 1 is 1.06 bits per heavy atom. The van der Waals surface area contributed by atoms with Gasteiger partial charge in [0.1, 0.15) is 0 Å². The summed E-state index contributed by atoms with van der Waals surface area (Å²) in [6.45, 7) is 5.72. The third-order valence-electron chi connectivity index (χ3n) is 5.39. The van der Waals surface area contributed by atoms with E-state index in [4.69, 9.17) is 0 Å². The molecular weight excluding hydrogens is 206 g/mol. The maximum atomic E-state index is 3.73. The quantitative estimate of drug-likeness (QED) is 0.741. The van der Waals surface area contributed by atoms with E-state index in [2.05, 4.69) is 19.2 Å². The van der Waals surface area contributed by atoms with Crippen LogP contribution in [0, 0.1) is 11.3 Å². The van der Waals surface area contributed by atoms with E-state index in [-0.39, 0.29) is 0 Å². The molecule has 2 rings (SSSR count). The van der Waals surface area contributed by atoms with Gasteiger partial charge >= 0.3 is 0 Å². The van der Waals surface area contributed by atoms with Gasteiger partial charge in [0.2, 0.25) is 0 Å². The van der Waals surface area contributed by atoms with E-state index in [0.717, 1.165) is 23.9 Å². The Balaban J connectivity index is 1.83. The minimum absolute atomic E-state index is 0.805. The van der Waals surface area contributed by atoms with Crippen molar-refractivity contribution < 1.29 is 0 Å². The average molecular weight is 237 g/mol. The van der Waals surface area contributed by atoms with Crippen LogP contribution in [0.15, 0.2) is 0 Å². The molecule has 0 aromatic heterocycles. The fourth-order valence-electron chi connectivity index (χ4n) is 4.36. The van der Waals surface area contributed by atoms with Crippen molar-refractivity contribution in [2.75, 3.05) is 6.54 Å². The van der Waals surface area contributed by atoms with Crippen LogP contribution in [-0.2, 0) is 0 Å². The molecule has 2 saturated carbocycles. The third kappa shape index (κ3) is 3.24. The number of nitrogens with one attached hydrogen (secondary N) is 1. The van der Waals surface area contributed by atoms with Crippen LogP contribution in [0.3, 0.4) is 0 Å². The Morgan fingerprint density at radius 2 is 1.71 bits per heavy atom. The van der Waals surface area contributed by atoms with Crippen LogP contribution < -0.4 is 5.32 Å². The minimum atomic E-state index is 0.805. The Kier molecular flexibility index (Phi) is 4.90. The van der Waals surface area contributed by atoms with Gasteiger partial charge in [-0.1, -0.05) is 33.1 Å². The first kappa shape index (κ1) is 13.4. The van der Waals surface area contributed by atoms with Crippen LogP contribution in [0.5, 0.6) is 0 Å². The van der Waals surface area contributed by atoms with E-state index in [1.807, 2.05) is 0 Å². The Morgan fingerprint density at radius 3 is 2.24 bits per heavy atom. The number of hydrogen-bond donors (Lipinski definition) is 1. The van der Waals surface area contributed by atoms with Crippen LogP contribution in [0.2, 0.25) is 0 Å².